The average molecular weight is 411 g/mol. The van der Waals surface area contributed by atoms with Crippen LogP contribution in [0, 0.1) is 0 Å². The monoisotopic (exact) mass is 409 g/mol. The number of rotatable bonds is 3. The summed E-state index contributed by atoms with van der Waals surface area (Å²) in [6, 6.07) is 4.51. The molecule has 1 aromatic rings. The second kappa shape index (κ2) is 6.75. The third-order valence-electron chi connectivity index (χ3n) is 3.94. The van der Waals surface area contributed by atoms with Crippen molar-refractivity contribution < 1.29 is 17.9 Å². The number of hydrogen-bond donors (Lipinski definition) is 0. The van der Waals surface area contributed by atoms with Crippen LogP contribution in [0.1, 0.15) is 19.3 Å². The second-order valence-electron chi connectivity index (χ2n) is 5.36. The summed E-state index contributed by atoms with van der Waals surface area (Å²) in [5.74, 6) is 0. The number of piperidine rings is 1. The fourth-order valence-corrected chi connectivity index (χ4v) is 5.61. The van der Waals surface area contributed by atoms with Gasteiger partial charge >= 0.3 is 0 Å². The molecule has 1 aromatic carbocycles. The minimum atomic E-state index is -3.68. The molecule has 0 aromatic heterocycles. The molecule has 2 aliphatic heterocycles. The van der Waals surface area contributed by atoms with Gasteiger partial charge in [-0.1, -0.05) is 34.0 Å². The van der Waals surface area contributed by atoms with Crippen LogP contribution in [0.2, 0.25) is 5.02 Å². The largest absolute Gasteiger partial charge is 0.349 e. The fourth-order valence-electron chi connectivity index (χ4n) is 2.91. The number of ether oxygens (including phenoxy) is 2. The number of sulfonamides is 1. The van der Waals surface area contributed by atoms with Crippen LogP contribution < -0.4 is 0 Å². The molecule has 0 saturated carbocycles. The maximum atomic E-state index is 13.0. The molecule has 0 amide bonds. The van der Waals surface area contributed by atoms with Gasteiger partial charge in [-0.25, -0.2) is 8.42 Å². The molecule has 22 heavy (non-hydrogen) atoms. The molecule has 1 atom stereocenters. The minimum Gasteiger partial charge on any atom is -0.349 e. The normalized spacial score (nSPS) is 24.7. The molecule has 8 heteroatoms. The summed E-state index contributed by atoms with van der Waals surface area (Å²) in [6.07, 6.45) is 2.05. The zero-order chi connectivity index (χ0) is 15.7. The van der Waals surface area contributed by atoms with Gasteiger partial charge in [0.25, 0.3) is 0 Å². The smallest absolute Gasteiger partial charge is 0.244 e. The first-order valence-corrected chi connectivity index (χ1v) is 9.81. The molecule has 5 nitrogen and oxygen atoms in total. The highest BCUT2D eigenvalue weighted by atomic mass is 79.9. The maximum Gasteiger partial charge on any atom is 0.244 e. The summed E-state index contributed by atoms with van der Waals surface area (Å²) in [5, 5.41) is 0.215. The number of hydrogen-bond acceptors (Lipinski definition) is 4. The Morgan fingerprint density at radius 1 is 1.23 bits per heavy atom. The third kappa shape index (κ3) is 3.20. The van der Waals surface area contributed by atoms with Gasteiger partial charge in [-0.05, 0) is 31.0 Å². The van der Waals surface area contributed by atoms with Crippen molar-refractivity contribution in [1.29, 1.82) is 0 Å². The highest BCUT2D eigenvalue weighted by molar-refractivity contribution is 9.10. The van der Waals surface area contributed by atoms with Gasteiger partial charge in [-0.3, -0.25) is 0 Å². The molecule has 0 bridgehead atoms. The fraction of sp³-hybridized carbons (Fsp3) is 0.571. The van der Waals surface area contributed by atoms with Crippen LogP contribution in [0.3, 0.4) is 0 Å². The van der Waals surface area contributed by atoms with E-state index >= 15 is 0 Å². The molecular formula is C14H17BrClNO4S. The summed E-state index contributed by atoms with van der Waals surface area (Å²) in [6.45, 7) is 1.48. The van der Waals surface area contributed by atoms with Crippen molar-refractivity contribution in [3.8, 4) is 0 Å². The van der Waals surface area contributed by atoms with Crippen LogP contribution in [-0.2, 0) is 19.5 Å². The van der Waals surface area contributed by atoms with E-state index in [0.29, 0.717) is 19.8 Å². The van der Waals surface area contributed by atoms with E-state index in [2.05, 4.69) is 15.9 Å². The lowest BCUT2D eigenvalue weighted by Crippen LogP contribution is -2.50. The van der Waals surface area contributed by atoms with Crippen molar-refractivity contribution in [3.05, 3.63) is 27.7 Å². The van der Waals surface area contributed by atoms with E-state index in [1.807, 2.05) is 0 Å². The van der Waals surface area contributed by atoms with Gasteiger partial charge in [-0.15, -0.1) is 0 Å². The van der Waals surface area contributed by atoms with Crippen LogP contribution in [-0.4, -0.2) is 44.8 Å². The van der Waals surface area contributed by atoms with Gasteiger partial charge < -0.3 is 9.47 Å². The highest BCUT2D eigenvalue weighted by Gasteiger charge is 2.41. The highest BCUT2D eigenvalue weighted by Crippen LogP contribution is 2.33. The zero-order valence-corrected chi connectivity index (χ0v) is 15.0. The lowest BCUT2D eigenvalue weighted by Gasteiger charge is -2.37. The van der Waals surface area contributed by atoms with Gasteiger partial charge in [0, 0.05) is 11.0 Å². The van der Waals surface area contributed by atoms with Crippen molar-refractivity contribution in [2.45, 2.75) is 36.5 Å². The molecule has 2 heterocycles. The Morgan fingerprint density at radius 2 is 1.95 bits per heavy atom. The number of nitrogens with zero attached hydrogens (tertiary/aromatic N) is 1. The van der Waals surface area contributed by atoms with Gasteiger partial charge in [0.2, 0.25) is 10.0 Å². The predicted octanol–water partition coefficient (Wildman–Crippen LogP) is 3.02. The Balaban J connectivity index is 1.94. The number of halogens is 2. The van der Waals surface area contributed by atoms with E-state index in [9.17, 15) is 8.42 Å². The van der Waals surface area contributed by atoms with E-state index in [1.165, 1.54) is 10.4 Å². The van der Waals surface area contributed by atoms with Crippen molar-refractivity contribution in [1.82, 2.24) is 4.31 Å². The Morgan fingerprint density at radius 3 is 2.64 bits per heavy atom. The van der Waals surface area contributed by atoms with Crippen molar-refractivity contribution in [2.75, 3.05) is 19.8 Å². The van der Waals surface area contributed by atoms with Gasteiger partial charge in [-0.2, -0.15) is 4.31 Å². The third-order valence-corrected chi connectivity index (χ3v) is 6.84. The van der Waals surface area contributed by atoms with E-state index in [0.717, 1.165) is 23.7 Å². The molecule has 3 rings (SSSR count). The second-order valence-corrected chi connectivity index (χ2v) is 8.55. The standard InChI is InChI=1S/C14H17BrClNO4S/c15-10-4-5-13(11(16)9-10)22(18,19)17-6-2-1-3-12(17)14-20-7-8-21-14/h4-5,9,12,14H,1-3,6-8H2/t12-/m1/s1. The number of benzene rings is 1. The van der Waals surface area contributed by atoms with Crippen molar-refractivity contribution in [3.63, 3.8) is 0 Å². The average Bonchev–Trinajstić information content (AvgIpc) is 3.01. The molecule has 0 radical (unpaired) electrons. The van der Waals surface area contributed by atoms with Crippen LogP contribution in [0.15, 0.2) is 27.6 Å². The first kappa shape index (κ1) is 16.7. The zero-order valence-electron chi connectivity index (χ0n) is 11.9. The Hall–Kier alpha value is -0.180. The molecule has 122 valence electrons. The Labute approximate surface area is 143 Å². The molecule has 0 N–H and O–H groups in total. The lowest BCUT2D eigenvalue weighted by molar-refractivity contribution is -0.0913. The molecule has 0 unspecified atom stereocenters. The summed E-state index contributed by atoms with van der Waals surface area (Å²) in [5.41, 5.74) is 0. The van der Waals surface area contributed by atoms with E-state index in [-0.39, 0.29) is 16.0 Å². The SMILES string of the molecule is O=S(=O)(c1ccc(Br)cc1Cl)N1CCCC[C@@H]1C1OCCO1. The summed E-state index contributed by atoms with van der Waals surface area (Å²) in [4.78, 5) is 0.127. The summed E-state index contributed by atoms with van der Waals surface area (Å²) < 4.78 is 39.3. The Bertz CT molecular complexity index is 648. The van der Waals surface area contributed by atoms with Crippen molar-refractivity contribution in [2.24, 2.45) is 0 Å². The van der Waals surface area contributed by atoms with E-state index in [4.69, 9.17) is 21.1 Å². The summed E-state index contributed by atoms with van der Waals surface area (Å²) in [7, 11) is -3.68. The predicted molar refractivity (Wildman–Crippen MR) is 86.4 cm³/mol. The molecule has 2 saturated heterocycles. The first-order chi connectivity index (χ1) is 10.5. The van der Waals surface area contributed by atoms with Gasteiger partial charge in [0.15, 0.2) is 6.29 Å². The Kier molecular flexibility index (Phi) is 5.11. The topological polar surface area (TPSA) is 55.8 Å². The summed E-state index contributed by atoms with van der Waals surface area (Å²) >= 11 is 9.43. The molecular weight excluding hydrogens is 394 g/mol. The molecule has 2 fully saturated rings. The van der Waals surface area contributed by atoms with E-state index < -0.39 is 16.3 Å². The lowest BCUT2D eigenvalue weighted by atomic mass is 10.0. The van der Waals surface area contributed by atoms with Crippen LogP contribution in [0.5, 0.6) is 0 Å². The van der Waals surface area contributed by atoms with Crippen LogP contribution >= 0.6 is 27.5 Å². The molecule has 2 aliphatic rings. The minimum absolute atomic E-state index is 0.127. The molecule has 0 spiro atoms. The van der Waals surface area contributed by atoms with Gasteiger partial charge in [0.05, 0.1) is 24.3 Å². The van der Waals surface area contributed by atoms with Crippen LogP contribution in [0.25, 0.3) is 0 Å². The van der Waals surface area contributed by atoms with Gasteiger partial charge in [0.1, 0.15) is 4.90 Å². The molecule has 0 aliphatic carbocycles. The maximum absolute atomic E-state index is 13.0. The van der Waals surface area contributed by atoms with Crippen LogP contribution in [0.4, 0.5) is 0 Å². The quantitative estimate of drug-likeness (QED) is 0.768. The van der Waals surface area contributed by atoms with Crippen molar-refractivity contribution >= 4 is 37.6 Å². The van der Waals surface area contributed by atoms with E-state index in [1.54, 1.807) is 12.1 Å². The first-order valence-electron chi connectivity index (χ1n) is 7.20.